The SMILES string of the molecule is CC(=O)N[C@@H](CCCCC(C)(C)C)C(C)(C)C. The molecule has 0 bridgehead atoms. The average molecular weight is 241 g/mol. The van der Waals surface area contributed by atoms with E-state index in [1.54, 1.807) is 6.92 Å². The highest BCUT2D eigenvalue weighted by molar-refractivity contribution is 5.73. The first-order valence-electron chi connectivity index (χ1n) is 6.79. The van der Waals surface area contributed by atoms with E-state index in [1.807, 2.05) is 0 Å². The lowest BCUT2D eigenvalue weighted by Gasteiger charge is -2.31. The van der Waals surface area contributed by atoms with Crippen molar-refractivity contribution >= 4 is 5.91 Å². The Kier molecular flexibility index (Phi) is 6.22. The summed E-state index contributed by atoms with van der Waals surface area (Å²) in [5.74, 6) is 0.0840. The van der Waals surface area contributed by atoms with Gasteiger partial charge < -0.3 is 5.32 Å². The van der Waals surface area contributed by atoms with Crippen molar-refractivity contribution < 1.29 is 4.79 Å². The van der Waals surface area contributed by atoms with Gasteiger partial charge in [-0.05, 0) is 23.7 Å². The topological polar surface area (TPSA) is 29.1 Å². The molecule has 0 aliphatic carbocycles. The summed E-state index contributed by atoms with van der Waals surface area (Å²) in [5, 5.41) is 3.08. The molecule has 0 radical (unpaired) electrons. The third-order valence-electron chi connectivity index (χ3n) is 3.09. The molecule has 0 saturated carbocycles. The van der Waals surface area contributed by atoms with Crippen LogP contribution in [0.5, 0.6) is 0 Å². The van der Waals surface area contributed by atoms with Gasteiger partial charge in [0, 0.05) is 13.0 Å². The van der Waals surface area contributed by atoms with Gasteiger partial charge in [-0.25, -0.2) is 0 Å². The zero-order chi connectivity index (χ0) is 13.7. The molecule has 0 aromatic rings. The maximum Gasteiger partial charge on any atom is 0.217 e. The van der Waals surface area contributed by atoms with Gasteiger partial charge in [-0.2, -0.15) is 0 Å². The Morgan fingerprint density at radius 2 is 1.59 bits per heavy atom. The fraction of sp³-hybridized carbons (Fsp3) is 0.933. The van der Waals surface area contributed by atoms with Crippen LogP contribution in [0, 0.1) is 10.8 Å². The van der Waals surface area contributed by atoms with Crippen molar-refractivity contribution in [3.05, 3.63) is 0 Å². The Bertz CT molecular complexity index is 232. The van der Waals surface area contributed by atoms with Crippen LogP contribution in [0.3, 0.4) is 0 Å². The van der Waals surface area contributed by atoms with Crippen LogP contribution in [-0.2, 0) is 4.79 Å². The fourth-order valence-corrected chi connectivity index (χ4v) is 1.97. The summed E-state index contributed by atoms with van der Waals surface area (Å²) >= 11 is 0. The van der Waals surface area contributed by atoms with Crippen LogP contribution in [0.25, 0.3) is 0 Å². The molecule has 0 aliphatic rings. The van der Waals surface area contributed by atoms with Crippen molar-refractivity contribution in [1.29, 1.82) is 0 Å². The van der Waals surface area contributed by atoms with Gasteiger partial charge in [0.15, 0.2) is 0 Å². The van der Waals surface area contributed by atoms with Crippen molar-refractivity contribution in [2.45, 2.75) is 80.2 Å². The van der Waals surface area contributed by atoms with E-state index in [1.165, 1.54) is 19.3 Å². The Balaban J connectivity index is 4.06. The summed E-state index contributed by atoms with van der Waals surface area (Å²) < 4.78 is 0. The van der Waals surface area contributed by atoms with Crippen LogP contribution in [0.15, 0.2) is 0 Å². The number of carbonyl (C=O) groups is 1. The van der Waals surface area contributed by atoms with E-state index in [0.29, 0.717) is 11.5 Å². The average Bonchev–Trinajstić information content (AvgIpc) is 2.06. The predicted octanol–water partition coefficient (Wildman–Crippen LogP) is 4.14. The van der Waals surface area contributed by atoms with Crippen LogP contribution in [0.1, 0.15) is 74.1 Å². The standard InChI is InChI=1S/C15H31NO/c1-12(17)16-13(15(5,6)7)10-8-9-11-14(2,3)4/h13H,8-11H2,1-7H3,(H,16,17)/t13-/m0/s1. The van der Waals surface area contributed by atoms with E-state index in [0.717, 1.165) is 6.42 Å². The van der Waals surface area contributed by atoms with Gasteiger partial charge in [-0.15, -0.1) is 0 Å². The van der Waals surface area contributed by atoms with Crippen molar-refractivity contribution in [2.75, 3.05) is 0 Å². The van der Waals surface area contributed by atoms with Crippen molar-refractivity contribution in [2.24, 2.45) is 10.8 Å². The van der Waals surface area contributed by atoms with E-state index < -0.39 is 0 Å². The quantitative estimate of drug-likeness (QED) is 0.720. The van der Waals surface area contributed by atoms with Crippen LogP contribution in [-0.4, -0.2) is 11.9 Å². The van der Waals surface area contributed by atoms with E-state index >= 15 is 0 Å². The molecule has 0 spiro atoms. The summed E-state index contributed by atoms with van der Waals surface area (Å²) in [6.07, 6.45) is 4.78. The van der Waals surface area contributed by atoms with Gasteiger partial charge in [-0.3, -0.25) is 4.79 Å². The molecule has 0 unspecified atom stereocenters. The Hall–Kier alpha value is -0.530. The molecular weight excluding hydrogens is 210 g/mol. The zero-order valence-electron chi connectivity index (χ0n) is 12.8. The fourth-order valence-electron chi connectivity index (χ4n) is 1.97. The molecular formula is C15H31NO. The lowest BCUT2D eigenvalue weighted by molar-refractivity contribution is -0.120. The molecule has 0 saturated heterocycles. The molecule has 2 nitrogen and oxygen atoms in total. The molecule has 1 N–H and O–H groups in total. The summed E-state index contributed by atoms with van der Waals surface area (Å²) in [5.41, 5.74) is 0.568. The van der Waals surface area contributed by atoms with Gasteiger partial charge in [0.05, 0.1) is 0 Å². The molecule has 0 rings (SSSR count). The minimum Gasteiger partial charge on any atom is -0.353 e. The first-order valence-corrected chi connectivity index (χ1v) is 6.79. The molecule has 1 amide bonds. The van der Waals surface area contributed by atoms with Crippen LogP contribution < -0.4 is 5.32 Å². The van der Waals surface area contributed by atoms with E-state index in [2.05, 4.69) is 46.9 Å². The number of nitrogens with one attached hydrogen (secondary N) is 1. The number of amides is 1. The van der Waals surface area contributed by atoms with E-state index in [4.69, 9.17) is 0 Å². The Labute approximate surface area is 108 Å². The van der Waals surface area contributed by atoms with Crippen molar-refractivity contribution in [3.8, 4) is 0 Å². The smallest absolute Gasteiger partial charge is 0.217 e. The highest BCUT2D eigenvalue weighted by atomic mass is 16.1. The normalized spacial score (nSPS) is 14.5. The highest BCUT2D eigenvalue weighted by Crippen LogP contribution is 2.26. The number of hydrogen-bond acceptors (Lipinski definition) is 1. The number of rotatable bonds is 5. The van der Waals surface area contributed by atoms with Crippen LogP contribution >= 0.6 is 0 Å². The first kappa shape index (κ1) is 16.5. The first-order chi connectivity index (χ1) is 7.52. The van der Waals surface area contributed by atoms with E-state index in [-0.39, 0.29) is 11.3 Å². The van der Waals surface area contributed by atoms with Crippen LogP contribution in [0.2, 0.25) is 0 Å². The Morgan fingerprint density at radius 1 is 1.06 bits per heavy atom. The molecule has 2 heteroatoms. The molecule has 0 aromatic carbocycles. The van der Waals surface area contributed by atoms with Gasteiger partial charge >= 0.3 is 0 Å². The maximum absolute atomic E-state index is 11.2. The maximum atomic E-state index is 11.2. The van der Waals surface area contributed by atoms with Gasteiger partial charge in [0.1, 0.15) is 0 Å². The van der Waals surface area contributed by atoms with E-state index in [9.17, 15) is 4.79 Å². The summed E-state index contributed by atoms with van der Waals surface area (Å²) in [6, 6.07) is 0.292. The van der Waals surface area contributed by atoms with Gasteiger partial charge in [0.2, 0.25) is 5.91 Å². The minimum atomic E-state index is 0.0840. The molecule has 0 aromatic heterocycles. The second kappa shape index (κ2) is 6.42. The largest absolute Gasteiger partial charge is 0.353 e. The lowest BCUT2D eigenvalue weighted by atomic mass is 9.82. The number of unbranched alkanes of at least 4 members (excludes halogenated alkanes) is 1. The molecule has 0 heterocycles. The van der Waals surface area contributed by atoms with Crippen LogP contribution in [0.4, 0.5) is 0 Å². The minimum absolute atomic E-state index is 0.0840. The second-order valence-electron chi connectivity index (χ2n) is 7.43. The predicted molar refractivity (Wildman–Crippen MR) is 75.0 cm³/mol. The number of carbonyl (C=O) groups excluding carboxylic acids is 1. The summed E-state index contributed by atoms with van der Waals surface area (Å²) in [4.78, 5) is 11.2. The third-order valence-corrected chi connectivity index (χ3v) is 3.09. The van der Waals surface area contributed by atoms with Crippen molar-refractivity contribution in [1.82, 2.24) is 5.32 Å². The van der Waals surface area contributed by atoms with Crippen molar-refractivity contribution in [3.63, 3.8) is 0 Å². The van der Waals surface area contributed by atoms with Gasteiger partial charge in [-0.1, -0.05) is 54.4 Å². The monoisotopic (exact) mass is 241 g/mol. The summed E-state index contributed by atoms with van der Waals surface area (Å²) in [7, 11) is 0. The molecule has 0 fully saturated rings. The van der Waals surface area contributed by atoms with Gasteiger partial charge in [0.25, 0.3) is 0 Å². The second-order valence-corrected chi connectivity index (χ2v) is 7.43. The zero-order valence-corrected chi connectivity index (χ0v) is 12.8. The lowest BCUT2D eigenvalue weighted by Crippen LogP contribution is -2.42. The summed E-state index contributed by atoms with van der Waals surface area (Å²) in [6.45, 7) is 15.0. The molecule has 17 heavy (non-hydrogen) atoms. The number of hydrogen-bond donors (Lipinski definition) is 1. The molecule has 0 aliphatic heterocycles. The highest BCUT2D eigenvalue weighted by Gasteiger charge is 2.24. The third kappa shape index (κ3) is 9.20. The Morgan fingerprint density at radius 3 is 1.94 bits per heavy atom. The molecule has 102 valence electrons. The molecule has 1 atom stereocenters.